The molecule has 1 fully saturated rings. The lowest BCUT2D eigenvalue weighted by molar-refractivity contribution is 0.0398. The number of rotatable bonds is 6. The Morgan fingerprint density at radius 3 is 2.33 bits per heavy atom. The molecule has 5 N–H and O–H groups in total. The predicted octanol–water partition coefficient (Wildman–Crippen LogP) is 1.64. The molecular formula is C18H30Cl2N4O3. The normalized spacial score (nSPS) is 13.2. The van der Waals surface area contributed by atoms with Crippen LogP contribution in [0.2, 0.25) is 0 Å². The van der Waals surface area contributed by atoms with Crippen molar-refractivity contribution in [3.8, 4) is 11.3 Å². The third kappa shape index (κ3) is 7.96. The van der Waals surface area contributed by atoms with Crippen molar-refractivity contribution >= 4 is 30.6 Å². The van der Waals surface area contributed by atoms with Gasteiger partial charge in [-0.15, -0.1) is 35.0 Å². The largest absolute Gasteiger partial charge is 0.412 e. The monoisotopic (exact) mass is 420 g/mol. The van der Waals surface area contributed by atoms with E-state index in [-0.39, 0.29) is 35.8 Å². The molecule has 1 aliphatic heterocycles. The van der Waals surface area contributed by atoms with Crippen LogP contribution in [0.25, 0.3) is 11.3 Å². The number of anilines is 1. The van der Waals surface area contributed by atoms with Gasteiger partial charge in [-0.25, -0.2) is 0 Å². The van der Waals surface area contributed by atoms with Crippen molar-refractivity contribution in [1.29, 1.82) is 0 Å². The maximum atomic E-state index is 5.37. The molecule has 0 bridgehead atoms. The number of ether oxygens (including phenoxy) is 1. The van der Waals surface area contributed by atoms with Gasteiger partial charge in [-0.1, -0.05) is 37.3 Å². The molecule has 7 nitrogen and oxygen atoms in total. The quantitative estimate of drug-likeness (QED) is 0.762. The van der Waals surface area contributed by atoms with Crippen molar-refractivity contribution < 1.29 is 15.7 Å². The van der Waals surface area contributed by atoms with Crippen molar-refractivity contribution in [1.82, 2.24) is 15.1 Å². The molecule has 1 aromatic heterocycles. The van der Waals surface area contributed by atoms with E-state index in [1.165, 1.54) is 5.56 Å². The van der Waals surface area contributed by atoms with Gasteiger partial charge in [0.2, 0.25) is 0 Å². The summed E-state index contributed by atoms with van der Waals surface area (Å²) in [6, 6.07) is 12.3. The minimum absolute atomic E-state index is 0. The summed E-state index contributed by atoms with van der Waals surface area (Å²) in [7, 11) is 0. The summed E-state index contributed by atoms with van der Waals surface area (Å²) in [5.74, 6) is 0.903. The summed E-state index contributed by atoms with van der Waals surface area (Å²) < 4.78 is 5.37. The number of nitrogens with zero attached hydrogens (tertiary/aromatic N) is 3. The van der Waals surface area contributed by atoms with E-state index in [1.54, 1.807) is 0 Å². The standard InChI is InChI=1S/C18H24N4O.2ClH.2H2O/c1-2-15-14-17(16-6-4-3-5-7-16)20-21-18(15)19-8-9-22-10-12-23-13-11-22;;;;/h3-7,14H,2,8-13H2,1H3,(H,19,21);2*1H;2*1H2. The Morgan fingerprint density at radius 1 is 1.04 bits per heavy atom. The molecule has 1 aliphatic rings. The van der Waals surface area contributed by atoms with E-state index in [9.17, 15) is 0 Å². The van der Waals surface area contributed by atoms with Gasteiger partial charge in [0, 0.05) is 31.7 Å². The first-order valence-electron chi connectivity index (χ1n) is 8.33. The van der Waals surface area contributed by atoms with Crippen LogP contribution < -0.4 is 5.32 Å². The molecule has 3 rings (SSSR count). The second kappa shape index (κ2) is 14.6. The van der Waals surface area contributed by atoms with Crippen molar-refractivity contribution in [3.63, 3.8) is 0 Å². The molecule has 0 amide bonds. The highest BCUT2D eigenvalue weighted by atomic mass is 35.5. The number of benzene rings is 1. The fraction of sp³-hybridized carbons (Fsp3) is 0.444. The van der Waals surface area contributed by atoms with Crippen molar-refractivity contribution in [2.45, 2.75) is 13.3 Å². The topological polar surface area (TPSA) is 113 Å². The molecule has 0 aliphatic carbocycles. The number of morpholine rings is 1. The Balaban J connectivity index is 0. The van der Waals surface area contributed by atoms with E-state index in [2.05, 4.69) is 45.5 Å². The molecule has 0 saturated carbocycles. The highest BCUT2D eigenvalue weighted by Gasteiger charge is 2.11. The molecule has 0 radical (unpaired) electrons. The zero-order valence-corrected chi connectivity index (χ0v) is 17.1. The van der Waals surface area contributed by atoms with Crippen molar-refractivity contribution in [2.75, 3.05) is 44.7 Å². The van der Waals surface area contributed by atoms with Crippen LogP contribution in [0.4, 0.5) is 5.82 Å². The van der Waals surface area contributed by atoms with Gasteiger partial charge < -0.3 is 21.0 Å². The van der Waals surface area contributed by atoms with Crippen LogP contribution in [-0.2, 0) is 11.2 Å². The van der Waals surface area contributed by atoms with Gasteiger partial charge in [-0.05, 0) is 18.1 Å². The first kappa shape index (κ1) is 27.7. The number of aromatic nitrogens is 2. The molecule has 0 unspecified atom stereocenters. The zero-order valence-electron chi connectivity index (χ0n) is 15.5. The second-order valence-electron chi connectivity index (χ2n) is 5.70. The molecule has 2 aromatic rings. The molecule has 154 valence electrons. The lowest BCUT2D eigenvalue weighted by Crippen LogP contribution is -2.39. The average Bonchev–Trinajstić information content (AvgIpc) is 2.63. The minimum atomic E-state index is 0. The molecular weight excluding hydrogens is 391 g/mol. The maximum Gasteiger partial charge on any atom is 0.151 e. The van der Waals surface area contributed by atoms with Gasteiger partial charge in [0.05, 0.1) is 18.9 Å². The summed E-state index contributed by atoms with van der Waals surface area (Å²) in [5.41, 5.74) is 3.25. The predicted molar refractivity (Wildman–Crippen MR) is 114 cm³/mol. The zero-order chi connectivity index (χ0) is 15.9. The van der Waals surface area contributed by atoms with Gasteiger partial charge in [0.25, 0.3) is 0 Å². The maximum absolute atomic E-state index is 5.37. The third-order valence-electron chi connectivity index (χ3n) is 4.15. The van der Waals surface area contributed by atoms with Crippen LogP contribution >= 0.6 is 24.8 Å². The van der Waals surface area contributed by atoms with E-state index in [1.807, 2.05) is 18.2 Å². The molecule has 27 heavy (non-hydrogen) atoms. The van der Waals surface area contributed by atoms with Gasteiger partial charge in [0.1, 0.15) is 0 Å². The van der Waals surface area contributed by atoms with Crippen LogP contribution in [0.1, 0.15) is 12.5 Å². The molecule has 1 saturated heterocycles. The number of aryl methyl sites for hydroxylation is 1. The molecule has 0 spiro atoms. The molecule has 2 heterocycles. The Bertz CT molecular complexity index is 629. The van der Waals surface area contributed by atoms with Crippen LogP contribution in [0.15, 0.2) is 36.4 Å². The van der Waals surface area contributed by atoms with E-state index in [4.69, 9.17) is 4.74 Å². The smallest absolute Gasteiger partial charge is 0.151 e. The Hall–Kier alpha value is -1.48. The fourth-order valence-electron chi connectivity index (χ4n) is 2.76. The summed E-state index contributed by atoms with van der Waals surface area (Å²) >= 11 is 0. The first-order chi connectivity index (χ1) is 11.4. The summed E-state index contributed by atoms with van der Waals surface area (Å²) in [4.78, 5) is 2.41. The third-order valence-corrected chi connectivity index (χ3v) is 4.15. The molecule has 1 aromatic carbocycles. The van der Waals surface area contributed by atoms with Gasteiger partial charge in [-0.3, -0.25) is 4.90 Å². The van der Waals surface area contributed by atoms with Gasteiger partial charge >= 0.3 is 0 Å². The summed E-state index contributed by atoms with van der Waals surface area (Å²) in [6.45, 7) is 7.75. The summed E-state index contributed by atoms with van der Waals surface area (Å²) in [6.07, 6.45) is 0.940. The number of hydrogen-bond donors (Lipinski definition) is 1. The second-order valence-corrected chi connectivity index (χ2v) is 5.70. The lowest BCUT2D eigenvalue weighted by atomic mass is 10.1. The SMILES string of the molecule is CCc1cc(-c2ccccc2)nnc1NCCN1CCOCC1.Cl.Cl.O.O. The van der Waals surface area contributed by atoms with Crippen LogP contribution in [0.5, 0.6) is 0 Å². The highest BCUT2D eigenvalue weighted by molar-refractivity contribution is 5.85. The van der Waals surface area contributed by atoms with Crippen LogP contribution in [0, 0.1) is 0 Å². The minimum Gasteiger partial charge on any atom is -0.412 e. The number of hydrogen-bond acceptors (Lipinski definition) is 5. The molecule has 0 atom stereocenters. The van der Waals surface area contributed by atoms with Gasteiger partial charge in [-0.2, -0.15) is 0 Å². The van der Waals surface area contributed by atoms with Crippen LogP contribution in [0.3, 0.4) is 0 Å². The Morgan fingerprint density at radius 2 is 1.70 bits per heavy atom. The number of halogens is 2. The number of nitrogens with one attached hydrogen (secondary N) is 1. The Labute approximate surface area is 173 Å². The van der Waals surface area contributed by atoms with Crippen molar-refractivity contribution in [3.05, 3.63) is 42.0 Å². The summed E-state index contributed by atoms with van der Waals surface area (Å²) in [5, 5.41) is 12.2. The van der Waals surface area contributed by atoms with Crippen molar-refractivity contribution in [2.24, 2.45) is 0 Å². The average molecular weight is 421 g/mol. The van der Waals surface area contributed by atoms with E-state index in [0.717, 1.165) is 62.9 Å². The van der Waals surface area contributed by atoms with E-state index >= 15 is 0 Å². The van der Waals surface area contributed by atoms with E-state index < -0.39 is 0 Å². The highest BCUT2D eigenvalue weighted by Crippen LogP contribution is 2.21. The lowest BCUT2D eigenvalue weighted by Gasteiger charge is -2.26. The fourth-order valence-corrected chi connectivity index (χ4v) is 2.76. The Kier molecular flexibility index (Phi) is 15.0. The van der Waals surface area contributed by atoms with E-state index in [0.29, 0.717) is 0 Å². The van der Waals surface area contributed by atoms with Crippen LogP contribution in [-0.4, -0.2) is 65.4 Å². The molecule has 9 heteroatoms. The van der Waals surface area contributed by atoms with Gasteiger partial charge in [0.15, 0.2) is 5.82 Å². The first-order valence-corrected chi connectivity index (χ1v) is 8.33.